The summed E-state index contributed by atoms with van der Waals surface area (Å²) in [6.07, 6.45) is 1.01. The molecule has 0 saturated heterocycles. The van der Waals surface area contributed by atoms with Crippen LogP contribution >= 0.6 is 0 Å². The molecule has 2 aromatic rings. The fourth-order valence-corrected chi connectivity index (χ4v) is 2.17. The van der Waals surface area contributed by atoms with Crippen LogP contribution in [0.15, 0.2) is 48.5 Å². The highest BCUT2D eigenvalue weighted by molar-refractivity contribution is 5.29. The highest BCUT2D eigenvalue weighted by Crippen LogP contribution is 2.13. The molecule has 2 rings (SSSR count). The maximum absolute atomic E-state index is 5.50. The minimum Gasteiger partial charge on any atom is -1.00 e. The monoisotopic (exact) mass is 320 g/mol. The molecule has 0 aromatic heterocycles. The second-order valence-electron chi connectivity index (χ2n) is 4.86. The maximum Gasteiger partial charge on any atom is 0.119 e. The molecule has 0 radical (unpaired) electrons. The molecule has 1 N–H and O–H groups in total. The van der Waals surface area contributed by atoms with Crippen molar-refractivity contribution in [2.45, 2.75) is 19.9 Å². The van der Waals surface area contributed by atoms with Gasteiger partial charge in [0.05, 0.1) is 13.7 Å². The van der Waals surface area contributed by atoms with E-state index in [0.717, 1.165) is 31.0 Å². The lowest BCUT2D eigenvalue weighted by molar-refractivity contribution is -0.00000525. The van der Waals surface area contributed by atoms with Gasteiger partial charge in [0.2, 0.25) is 0 Å². The van der Waals surface area contributed by atoms with E-state index in [4.69, 9.17) is 9.47 Å². The predicted octanol–water partition coefficient (Wildman–Crippen LogP) is 0.430. The van der Waals surface area contributed by atoms with Gasteiger partial charge in [0.25, 0.3) is 0 Å². The SMILES string of the molecule is CCOc1cccc(CNCCc2ccc(OC)cc2)c1.[Cl-]. The Morgan fingerprint density at radius 1 is 0.955 bits per heavy atom. The van der Waals surface area contributed by atoms with Gasteiger partial charge in [-0.3, -0.25) is 0 Å². The highest BCUT2D eigenvalue weighted by Gasteiger charge is 1.98. The van der Waals surface area contributed by atoms with Crippen LogP contribution in [0, 0.1) is 0 Å². The zero-order valence-corrected chi connectivity index (χ0v) is 13.9. The summed E-state index contributed by atoms with van der Waals surface area (Å²) in [5, 5.41) is 3.46. The lowest BCUT2D eigenvalue weighted by atomic mass is 10.1. The Balaban J connectivity index is 0.00000242. The topological polar surface area (TPSA) is 30.5 Å². The number of methoxy groups -OCH3 is 1. The Kier molecular flexibility index (Phi) is 8.41. The number of hydrogen-bond acceptors (Lipinski definition) is 3. The number of benzene rings is 2. The van der Waals surface area contributed by atoms with Gasteiger partial charge in [-0.25, -0.2) is 0 Å². The summed E-state index contributed by atoms with van der Waals surface area (Å²) in [4.78, 5) is 0. The van der Waals surface area contributed by atoms with Crippen molar-refractivity contribution in [2.75, 3.05) is 20.3 Å². The molecule has 0 heterocycles. The van der Waals surface area contributed by atoms with E-state index in [2.05, 4.69) is 29.6 Å². The summed E-state index contributed by atoms with van der Waals surface area (Å²) in [7, 11) is 1.69. The first-order chi connectivity index (χ1) is 10.3. The van der Waals surface area contributed by atoms with Crippen molar-refractivity contribution in [2.24, 2.45) is 0 Å². The van der Waals surface area contributed by atoms with Gasteiger partial charge in [0.15, 0.2) is 0 Å². The number of nitrogens with one attached hydrogen (secondary N) is 1. The maximum atomic E-state index is 5.50. The quantitative estimate of drug-likeness (QED) is 0.716. The normalized spacial score (nSPS) is 9.91. The van der Waals surface area contributed by atoms with Gasteiger partial charge >= 0.3 is 0 Å². The second kappa shape index (κ2) is 10.1. The average molecular weight is 321 g/mol. The van der Waals surface area contributed by atoms with Crippen LogP contribution < -0.4 is 27.2 Å². The van der Waals surface area contributed by atoms with Crippen LogP contribution in [-0.4, -0.2) is 20.3 Å². The van der Waals surface area contributed by atoms with Crippen molar-refractivity contribution in [3.05, 3.63) is 59.7 Å². The Morgan fingerprint density at radius 2 is 1.73 bits per heavy atom. The Labute approximate surface area is 139 Å². The first kappa shape index (κ1) is 18.3. The van der Waals surface area contributed by atoms with Crippen LogP contribution in [0.25, 0.3) is 0 Å². The van der Waals surface area contributed by atoms with Crippen molar-refractivity contribution in [1.29, 1.82) is 0 Å². The third kappa shape index (κ3) is 5.96. The fraction of sp³-hybridized carbons (Fsp3) is 0.333. The van der Waals surface area contributed by atoms with Gasteiger partial charge in [-0.1, -0.05) is 24.3 Å². The van der Waals surface area contributed by atoms with Crippen molar-refractivity contribution in [1.82, 2.24) is 5.32 Å². The smallest absolute Gasteiger partial charge is 0.119 e. The molecule has 0 aliphatic heterocycles. The van der Waals surface area contributed by atoms with Gasteiger partial charge in [-0.15, -0.1) is 0 Å². The summed E-state index contributed by atoms with van der Waals surface area (Å²) in [5.41, 5.74) is 2.56. The molecule has 2 aromatic carbocycles. The molecule has 0 fully saturated rings. The minimum atomic E-state index is 0. The molecule has 0 spiro atoms. The molecule has 0 bridgehead atoms. The van der Waals surface area contributed by atoms with E-state index in [1.807, 2.05) is 31.2 Å². The zero-order valence-electron chi connectivity index (χ0n) is 13.1. The van der Waals surface area contributed by atoms with E-state index in [0.29, 0.717) is 6.61 Å². The minimum absolute atomic E-state index is 0. The van der Waals surface area contributed by atoms with Gasteiger partial charge in [-0.05, 0) is 55.3 Å². The van der Waals surface area contributed by atoms with Crippen molar-refractivity contribution < 1.29 is 21.9 Å². The summed E-state index contributed by atoms with van der Waals surface area (Å²) < 4.78 is 10.7. The van der Waals surface area contributed by atoms with Crippen LogP contribution in [0.3, 0.4) is 0 Å². The fourth-order valence-electron chi connectivity index (χ4n) is 2.17. The lowest BCUT2D eigenvalue weighted by Gasteiger charge is -2.08. The van der Waals surface area contributed by atoms with E-state index in [1.54, 1.807) is 7.11 Å². The van der Waals surface area contributed by atoms with Crippen molar-refractivity contribution in [3.8, 4) is 11.5 Å². The van der Waals surface area contributed by atoms with Crippen molar-refractivity contribution in [3.63, 3.8) is 0 Å². The van der Waals surface area contributed by atoms with Gasteiger partial charge in [0.1, 0.15) is 11.5 Å². The van der Waals surface area contributed by atoms with Crippen LogP contribution in [-0.2, 0) is 13.0 Å². The number of ether oxygens (including phenoxy) is 2. The third-order valence-corrected chi connectivity index (χ3v) is 3.29. The summed E-state index contributed by atoms with van der Waals surface area (Å²) in [5.74, 6) is 1.84. The summed E-state index contributed by atoms with van der Waals surface area (Å²) in [6, 6.07) is 16.4. The first-order valence-corrected chi connectivity index (χ1v) is 7.37. The van der Waals surface area contributed by atoms with Gasteiger partial charge in [0, 0.05) is 6.54 Å². The zero-order chi connectivity index (χ0) is 14.9. The van der Waals surface area contributed by atoms with Gasteiger partial charge < -0.3 is 27.2 Å². The number of rotatable bonds is 8. The summed E-state index contributed by atoms with van der Waals surface area (Å²) >= 11 is 0. The standard InChI is InChI=1S/C18H23NO2.ClH/c1-3-21-18-6-4-5-16(13-18)14-19-12-11-15-7-9-17(20-2)10-8-15;/h4-10,13,19H,3,11-12,14H2,1-2H3;1H/p-1. The largest absolute Gasteiger partial charge is 1.00 e. The van der Waals surface area contributed by atoms with Crippen LogP contribution in [0.2, 0.25) is 0 Å². The van der Waals surface area contributed by atoms with Crippen LogP contribution in [0.5, 0.6) is 11.5 Å². The molecule has 0 saturated carbocycles. The number of halogens is 1. The first-order valence-electron chi connectivity index (χ1n) is 7.37. The molecule has 0 unspecified atom stereocenters. The van der Waals surface area contributed by atoms with Gasteiger partial charge in [-0.2, -0.15) is 0 Å². The molecule has 22 heavy (non-hydrogen) atoms. The van der Waals surface area contributed by atoms with E-state index < -0.39 is 0 Å². The lowest BCUT2D eigenvalue weighted by Crippen LogP contribution is -3.00. The average Bonchev–Trinajstić information content (AvgIpc) is 2.53. The molecule has 0 aliphatic rings. The van der Waals surface area contributed by atoms with E-state index in [1.165, 1.54) is 11.1 Å². The van der Waals surface area contributed by atoms with Crippen molar-refractivity contribution >= 4 is 0 Å². The molecular weight excluding hydrogens is 298 g/mol. The van der Waals surface area contributed by atoms with E-state index in [9.17, 15) is 0 Å². The Morgan fingerprint density at radius 3 is 2.41 bits per heavy atom. The predicted molar refractivity (Wildman–Crippen MR) is 86.0 cm³/mol. The number of hydrogen-bond donors (Lipinski definition) is 1. The third-order valence-electron chi connectivity index (χ3n) is 3.29. The summed E-state index contributed by atoms with van der Waals surface area (Å²) in [6.45, 7) is 4.51. The molecule has 0 atom stereocenters. The molecular formula is C18H23ClNO2-. The molecule has 0 amide bonds. The van der Waals surface area contributed by atoms with E-state index in [-0.39, 0.29) is 12.4 Å². The second-order valence-corrected chi connectivity index (χ2v) is 4.86. The molecule has 4 heteroatoms. The molecule has 3 nitrogen and oxygen atoms in total. The van der Waals surface area contributed by atoms with E-state index >= 15 is 0 Å². The van der Waals surface area contributed by atoms with Crippen LogP contribution in [0.4, 0.5) is 0 Å². The molecule has 0 aliphatic carbocycles. The van der Waals surface area contributed by atoms with Crippen LogP contribution in [0.1, 0.15) is 18.1 Å². The molecule has 120 valence electrons. The Hall–Kier alpha value is -1.71. The Bertz CT molecular complexity index is 543. The highest BCUT2D eigenvalue weighted by atomic mass is 35.5.